The van der Waals surface area contributed by atoms with Crippen molar-refractivity contribution in [2.75, 3.05) is 11.9 Å². The molecule has 0 aliphatic rings. The van der Waals surface area contributed by atoms with E-state index in [4.69, 9.17) is 11.5 Å². The van der Waals surface area contributed by atoms with E-state index >= 15 is 0 Å². The maximum atomic E-state index is 10.7. The molecule has 0 saturated carbocycles. The average Bonchev–Trinajstić information content (AvgIpc) is 2.18. The fraction of sp³-hybridized carbons (Fsp3) is 0.364. The Morgan fingerprint density at radius 1 is 1.47 bits per heavy atom. The fourth-order valence-corrected chi connectivity index (χ4v) is 1.25. The van der Waals surface area contributed by atoms with Crippen LogP contribution in [0.25, 0.3) is 0 Å². The van der Waals surface area contributed by atoms with Crippen molar-refractivity contribution in [3.8, 4) is 0 Å². The van der Waals surface area contributed by atoms with Crippen LogP contribution < -0.4 is 16.8 Å². The first-order valence-electron chi connectivity index (χ1n) is 4.86. The van der Waals surface area contributed by atoms with Gasteiger partial charge in [-0.3, -0.25) is 4.79 Å². The summed E-state index contributed by atoms with van der Waals surface area (Å²) in [6.45, 7) is 4.37. The van der Waals surface area contributed by atoms with E-state index in [1.54, 1.807) is 0 Å². The first-order valence-corrected chi connectivity index (χ1v) is 4.86. The van der Waals surface area contributed by atoms with Crippen molar-refractivity contribution in [1.29, 1.82) is 0 Å². The van der Waals surface area contributed by atoms with E-state index in [1.165, 1.54) is 0 Å². The lowest BCUT2D eigenvalue weighted by molar-refractivity contribution is -0.118. The van der Waals surface area contributed by atoms with Gasteiger partial charge in [0.1, 0.15) is 6.04 Å². The van der Waals surface area contributed by atoms with E-state index in [9.17, 15) is 4.79 Å². The Labute approximate surface area is 89.6 Å². The Bertz CT molecular complexity index is 363. The Balaban J connectivity index is 2.65. The van der Waals surface area contributed by atoms with Crippen LogP contribution in [-0.2, 0) is 4.79 Å². The molecule has 4 nitrogen and oxygen atoms in total. The number of carbonyl (C=O) groups is 1. The van der Waals surface area contributed by atoms with E-state index in [2.05, 4.69) is 5.32 Å². The summed E-state index contributed by atoms with van der Waals surface area (Å²) in [5.74, 6) is -0.493. The highest BCUT2D eigenvalue weighted by atomic mass is 16.1. The molecule has 1 aromatic rings. The van der Waals surface area contributed by atoms with E-state index in [0.717, 1.165) is 16.8 Å². The van der Waals surface area contributed by atoms with Crippen LogP contribution in [-0.4, -0.2) is 18.5 Å². The molecule has 15 heavy (non-hydrogen) atoms. The third-order valence-corrected chi connectivity index (χ3v) is 2.27. The molecule has 1 amide bonds. The molecule has 5 N–H and O–H groups in total. The van der Waals surface area contributed by atoms with Crippen molar-refractivity contribution in [3.63, 3.8) is 0 Å². The Morgan fingerprint density at radius 2 is 2.13 bits per heavy atom. The van der Waals surface area contributed by atoms with Crippen LogP contribution in [0.15, 0.2) is 18.2 Å². The van der Waals surface area contributed by atoms with Gasteiger partial charge in [-0.1, -0.05) is 12.1 Å². The zero-order valence-corrected chi connectivity index (χ0v) is 9.08. The molecule has 1 unspecified atom stereocenters. The van der Waals surface area contributed by atoms with Gasteiger partial charge in [0, 0.05) is 12.2 Å². The number of hydrogen-bond acceptors (Lipinski definition) is 3. The molecule has 0 spiro atoms. The van der Waals surface area contributed by atoms with E-state index in [0.29, 0.717) is 6.54 Å². The SMILES string of the molecule is Cc1ccc(C)c(NCC(N)C(N)=O)c1. The van der Waals surface area contributed by atoms with Crippen LogP contribution in [0.5, 0.6) is 0 Å². The summed E-state index contributed by atoms with van der Waals surface area (Å²) < 4.78 is 0. The van der Waals surface area contributed by atoms with Gasteiger partial charge in [-0.2, -0.15) is 0 Å². The van der Waals surface area contributed by atoms with Crippen LogP contribution in [0, 0.1) is 13.8 Å². The maximum absolute atomic E-state index is 10.7. The Kier molecular flexibility index (Phi) is 3.68. The van der Waals surface area contributed by atoms with Crippen molar-refractivity contribution in [1.82, 2.24) is 0 Å². The lowest BCUT2D eigenvalue weighted by Crippen LogP contribution is -2.41. The maximum Gasteiger partial charge on any atom is 0.236 e. The number of nitrogens with one attached hydrogen (secondary N) is 1. The summed E-state index contributed by atoms with van der Waals surface area (Å²) in [5.41, 5.74) is 13.9. The first kappa shape index (κ1) is 11.5. The molecule has 0 aliphatic carbocycles. The third-order valence-electron chi connectivity index (χ3n) is 2.27. The second-order valence-corrected chi connectivity index (χ2v) is 3.71. The highest BCUT2D eigenvalue weighted by Gasteiger charge is 2.08. The van der Waals surface area contributed by atoms with Crippen LogP contribution in [0.3, 0.4) is 0 Å². The standard InChI is InChI=1S/C11H17N3O/c1-7-3-4-8(2)10(5-7)14-6-9(12)11(13)15/h3-5,9,14H,6,12H2,1-2H3,(H2,13,15). The Hall–Kier alpha value is -1.55. The minimum Gasteiger partial charge on any atom is -0.383 e. The molecule has 1 atom stereocenters. The summed E-state index contributed by atoms with van der Waals surface area (Å²) in [4.78, 5) is 10.7. The van der Waals surface area contributed by atoms with Crippen molar-refractivity contribution in [2.24, 2.45) is 11.5 Å². The lowest BCUT2D eigenvalue weighted by Gasteiger charge is -2.13. The molecule has 0 radical (unpaired) electrons. The largest absolute Gasteiger partial charge is 0.383 e. The number of primary amides is 1. The van der Waals surface area contributed by atoms with Gasteiger partial charge in [-0.05, 0) is 31.0 Å². The molecule has 1 rings (SSSR count). The van der Waals surface area contributed by atoms with Crippen molar-refractivity contribution >= 4 is 11.6 Å². The molecule has 1 aromatic carbocycles. The van der Waals surface area contributed by atoms with E-state index in [-0.39, 0.29) is 0 Å². The second kappa shape index (κ2) is 4.79. The molecule has 0 saturated heterocycles. The van der Waals surface area contributed by atoms with Gasteiger partial charge in [0.25, 0.3) is 0 Å². The summed E-state index contributed by atoms with van der Waals surface area (Å²) in [7, 11) is 0. The van der Waals surface area contributed by atoms with Gasteiger partial charge in [0.15, 0.2) is 0 Å². The molecule has 0 heterocycles. The van der Waals surface area contributed by atoms with E-state index < -0.39 is 11.9 Å². The smallest absolute Gasteiger partial charge is 0.236 e. The van der Waals surface area contributed by atoms with Crippen LogP contribution in [0.4, 0.5) is 5.69 Å². The molecule has 82 valence electrons. The predicted molar refractivity (Wildman–Crippen MR) is 61.6 cm³/mol. The first-order chi connectivity index (χ1) is 7.00. The Morgan fingerprint density at radius 3 is 2.73 bits per heavy atom. The summed E-state index contributed by atoms with van der Waals surface area (Å²) >= 11 is 0. The molecular weight excluding hydrogens is 190 g/mol. The highest BCUT2D eigenvalue weighted by Crippen LogP contribution is 2.15. The molecule has 0 bridgehead atoms. The highest BCUT2D eigenvalue weighted by molar-refractivity contribution is 5.80. The van der Waals surface area contributed by atoms with Gasteiger partial charge < -0.3 is 16.8 Å². The number of aryl methyl sites for hydroxylation is 2. The van der Waals surface area contributed by atoms with Crippen molar-refractivity contribution in [2.45, 2.75) is 19.9 Å². The second-order valence-electron chi connectivity index (χ2n) is 3.71. The molecule has 0 aliphatic heterocycles. The monoisotopic (exact) mass is 207 g/mol. The zero-order valence-electron chi connectivity index (χ0n) is 9.08. The summed E-state index contributed by atoms with van der Waals surface area (Å²) in [5, 5.41) is 3.11. The lowest BCUT2D eigenvalue weighted by atomic mass is 10.1. The number of nitrogens with two attached hydrogens (primary N) is 2. The normalized spacial score (nSPS) is 12.2. The quantitative estimate of drug-likeness (QED) is 0.673. The van der Waals surface area contributed by atoms with Crippen LogP contribution in [0.1, 0.15) is 11.1 Å². The third kappa shape index (κ3) is 3.25. The number of anilines is 1. The topological polar surface area (TPSA) is 81.1 Å². The number of benzene rings is 1. The summed E-state index contributed by atoms with van der Waals surface area (Å²) in [6, 6.07) is 5.43. The minimum atomic E-state index is -0.648. The number of hydrogen-bond donors (Lipinski definition) is 3. The van der Waals surface area contributed by atoms with Crippen molar-refractivity contribution in [3.05, 3.63) is 29.3 Å². The number of carbonyl (C=O) groups excluding carboxylic acids is 1. The van der Waals surface area contributed by atoms with Crippen LogP contribution in [0.2, 0.25) is 0 Å². The zero-order chi connectivity index (χ0) is 11.4. The van der Waals surface area contributed by atoms with Gasteiger partial charge >= 0.3 is 0 Å². The number of rotatable bonds is 4. The molecule has 4 heteroatoms. The number of amides is 1. The van der Waals surface area contributed by atoms with Gasteiger partial charge in [-0.25, -0.2) is 0 Å². The molecular formula is C11H17N3O. The molecule has 0 aromatic heterocycles. The molecule has 0 fully saturated rings. The van der Waals surface area contributed by atoms with Crippen molar-refractivity contribution < 1.29 is 4.79 Å². The van der Waals surface area contributed by atoms with Gasteiger partial charge in [0.05, 0.1) is 0 Å². The minimum absolute atomic E-state index is 0.361. The van der Waals surface area contributed by atoms with E-state index in [1.807, 2.05) is 32.0 Å². The van der Waals surface area contributed by atoms with Gasteiger partial charge in [0.2, 0.25) is 5.91 Å². The van der Waals surface area contributed by atoms with Gasteiger partial charge in [-0.15, -0.1) is 0 Å². The summed E-state index contributed by atoms with van der Waals surface area (Å²) in [6.07, 6.45) is 0. The van der Waals surface area contributed by atoms with Crippen LogP contribution >= 0.6 is 0 Å². The average molecular weight is 207 g/mol. The predicted octanol–water partition coefficient (Wildman–Crippen LogP) is 0.528. The fourth-order valence-electron chi connectivity index (χ4n) is 1.25.